The van der Waals surface area contributed by atoms with Gasteiger partial charge in [0.05, 0.1) is 5.92 Å². The van der Waals surface area contributed by atoms with Gasteiger partial charge in [0.2, 0.25) is 0 Å². The molecule has 4 nitrogen and oxygen atoms in total. The first-order valence-electron chi connectivity index (χ1n) is 6.35. The van der Waals surface area contributed by atoms with Crippen LogP contribution in [0.15, 0.2) is 24.3 Å². The van der Waals surface area contributed by atoms with Crippen LogP contribution in [0, 0.1) is 12.8 Å². The lowest BCUT2D eigenvalue weighted by atomic mass is 10.0. The second kappa shape index (κ2) is 5.50. The SMILES string of the molecule is Cc1ccc(C(CN)N2CCC(C(=O)O)C2)cc1. The Hall–Kier alpha value is -1.39. The summed E-state index contributed by atoms with van der Waals surface area (Å²) in [7, 11) is 0. The number of aliphatic carboxylic acids is 1. The number of benzene rings is 1. The fraction of sp³-hybridized carbons (Fsp3) is 0.500. The van der Waals surface area contributed by atoms with E-state index in [1.807, 2.05) is 0 Å². The first-order valence-corrected chi connectivity index (χ1v) is 6.35. The number of likely N-dealkylation sites (tertiary alicyclic amines) is 1. The fourth-order valence-electron chi connectivity index (χ4n) is 2.56. The summed E-state index contributed by atoms with van der Waals surface area (Å²) < 4.78 is 0. The van der Waals surface area contributed by atoms with Crippen LogP contribution in [0.25, 0.3) is 0 Å². The molecule has 1 saturated heterocycles. The van der Waals surface area contributed by atoms with Crippen LogP contribution >= 0.6 is 0 Å². The molecule has 3 N–H and O–H groups in total. The zero-order valence-electron chi connectivity index (χ0n) is 10.7. The highest BCUT2D eigenvalue weighted by molar-refractivity contribution is 5.70. The van der Waals surface area contributed by atoms with Gasteiger partial charge in [0.1, 0.15) is 0 Å². The summed E-state index contributed by atoms with van der Waals surface area (Å²) in [6, 6.07) is 8.45. The molecule has 18 heavy (non-hydrogen) atoms. The van der Waals surface area contributed by atoms with E-state index in [0.29, 0.717) is 13.1 Å². The van der Waals surface area contributed by atoms with Gasteiger partial charge in [-0.05, 0) is 25.5 Å². The summed E-state index contributed by atoms with van der Waals surface area (Å²) in [6.07, 6.45) is 0.720. The minimum atomic E-state index is -0.697. The van der Waals surface area contributed by atoms with Crippen LogP contribution in [0.3, 0.4) is 0 Å². The molecule has 0 amide bonds. The highest BCUT2D eigenvalue weighted by Gasteiger charge is 2.32. The van der Waals surface area contributed by atoms with Crippen molar-refractivity contribution in [2.45, 2.75) is 19.4 Å². The van der Waals surface area contributed by atoms with Gasteiger partial charge in [-0.15, -0.1) is 0 Å². The molecule has 0 bridgehead atoms. The highest BCUT2D eigenvalue weighted by Crippen LogP contribution is 2.27. The molecule has 2 atom stereocenters. The van der Waals surface area contributed by atoms with Crippen molar-refractivity contribution in [2.75, 3.05) is 19.6 Å². The molecule has 1 heterocycles. The molecule has 1 fully saturated rings. The molecular weight excluding hydrogens is 228 g/mol. The quantitative estimate of drug-likeness (QED) is 0.845. The highest BCUT2D eigenvalue weighted by atomic mass is 16.4. The fourth-order valence-corrected chi connectivity index (χ4v) is 2.56. The Bertz CT molecular complexity index is 416. The van der Waals surface area contributed by atoms with Crippen LogP contribution in [0.1, 0.15) is 23.6 Å². The molecule has 98 valence electrons. The first-order chi connectivity index (χ1) is 8.61. The summed E-state index contributed by atoms with van der Waals surface area (Å²) in [5, 5.41) is 9.03. The molecule has 2 unspecified atom stereocenters. The smallest absolute Gasteiger partial charge is 0.307 e. The van der Waals surface area contributed by atoms with Gasteiger partial charge in [0, 0.05) is 19.1 Å². The van der Waals surface area contributed by atoms with Crippen LogP contribution in [0.5, 0.6) is 0 Å². The Morgan fingerprint density at radius 1 is 1.50 bits per heavy atom. The molecule has 1 aromatic rings. The van der Waals surface area contributed by atoms with Crippen molar-refractivity contribution in [3.63, 3.8) is 0 Å². The minimum absolute atomic E-state index is 0.134. The zero-order valence-corrected chi connectivity index (χ0v) is 10.7. The molecule has 0 radical (unpaired) electrons. The summed E-state index contributed by atoms with van der Waals surface area (Å²) in [4.78, 5) is 13.2. The number of carbonyl (C=O) groups is 1. The summed E-state index contributed by atoms with van der Waals surface area (Å²) >= 11 is 0. The Balaban J connectivity index is 2.10. The molecular formula is C14H20N2O2. The second-order valence-corrected chi connectivity index (χ2v) is 4.98. The van der Waals surface area contributed by atoms with Crippen LogP contribution in [0.4, 0.5) is 0 Å². The maximum absolute atomic E-state index is 11.0. The van der Waals surface area contributed by atoms with E-state index in [2.05, 4.69) is 36.1 Å². The van der Waals surface area contributed by atoms with Gasteiger partial charge in [-0.25, -0.2) is 0 Å². The van der Waals surface area contributed by atoms with E-state index >= 15 is 0 Å². The maximum Gasteiger partial charge on any atom is 0.307 e. The zero-order chi connectivity index (χ0) is 13.1. The standard InChI is InChI=1S/C14H20N2O2/c1-10-2-4-11(5-3-10)13(8-15)16-7-6-12(9-16)14(17)18/h2-5,12-13H,6-9,15H2,1H3,(H,17,18). The topological polar surface area (TPSA) is 66.6 Å². The molecule has 0 spiro atoms. The number of rotatable bonds is 4. The number of aryl methyl sites for hydroxylation is 1. The van der Waals surface area contributed by atoms with Gasteiger partial charge in [0.15, 0.2) is 0 Å². The van der Waals surface area contributed by atoms with Crippen molar-refractivity contribution in [2.24, 2.45) is 11.7 Å². The Morgan fingerprint density at radius 2 is 2.17 bits per heavy atom. The predicted molar refractivity (Wildman–Crippen MR) is 70.3 cm³/mol. The molecule has 2 rings (SSSR count). The summed E-state index contributed by atoms with van der Waals surface area (Å²) in [5.41, 5.74) is 8.25. The number of carboxylic acid groups (broad SMARTS) is 1. The van der Waals surface area contributed by atoms with Crippen LogP contribution in [0.2, 0.25) is 0 Å². The Labute approximate surface area is 107 Å². The van der Waals surface area contributed by atoms with Crippen molar-refractivity contribution >= 4 is 5.97 Å². The summed E-state index contributed by atoms with van der Waals surface area (Å²) in [5.74, 6) is -0.943. The van der Waals surface area contributed by atoms with E-state index in [4.69, 9.17) is 10.8 Å². The third-order valence-electron chi connectivity index (χ3n) is 3.70. The molecule has 1 aliphatic rings. The number of nitrogens with two attached hydrogens (primary N) is 1. The molecule has 1 aliphatic heterocycles. The largest absolute Gasteiger partial charge is 0.481 e. The molecule has 0 aliphatic carbocycles. The van der Waals surface area contributed by atoms with Crippen molar-refractivity contribution < 1.29 is 9.90 Å². The first kappa shape index (κ1) is 13.1. The second-order valence-electron chi connectivity index (χ2n) is 4.98. The van der Waals surface area contributed by atoms with E-state index in [1.54, 1.807) is 0 Å². The van der Waals surface area contributed by atoms with Crippen LogP contribution < -0.4 is 5.73 Å². The molecule has 4 heteroatoms. The van der Waals surface area contributed by atoms with Crippen molar-refractivity contribution in [3.8, 4) is 0 Å². The molecule has 1 aromatic carbocycles. The average molecular weight is 248 g/mol. The lowest BCUT2D eigenvalue weighted by Gasteiger charge is -2.27. The van der Waals surface area contributed by atoms with Gasteiger partial charge in [-0.1, -0.05) is 29.8 Å². The van der Waals surface area contributed by atoms with Gasteiger partial charge in [-0.3, -0.25) is 9.69 Å². The monoisotopic (exact) mass is 248 g/mol. The van der Waals surface area contributed by atoms with Gasteiger partial charge >= 0.3 is 5.97 Å². The lowest BCUT2D eigenvalue weighted by molar-refractivity contribution is -0.141. The van der Waals surface area contributed by atoms with E-state index in [9.17, 15) is 4.79 Å². The third-order valence-corrected chi connectivity index (χ3v) is 3.70. The van der Waals surface area contributed by atoms with Crippen LogP contribution in [-0.2, 0) is 4.79 Å². The lowest BCUT2D eigenvalue weighted by Crippen LogP contribution is -2.32. The van der Waals surface area contributed by atoms with E-state index in [-0.39, 0.29) is 12.0 Å². The molecule has 0 saturated carbocycles. The van der Waals surface area contributed by atoms with Crippen molar-refractivity contribution in [1.29, 1.82) is 0 Å². The van der Waals surface area contributed by atoms with Gasteiger partial charge < -0.3 is 10.8 Å². The number of hydrogen-bond acceptors (Lipinski definition) is 3. The van der Waals surface area contributed by atoms with E-state index in [1.165, 1.54) is 11.1 Å². The van der Waals surface area contributed by atoms with Gasteiger partial charge in [0.25, 0.3) is 0 Å². The van der Waals surface area contributed by atoms with Gasteiger partial charge in [-0.2, -0.15) is 0 Å². The molecule has 0 aromatic heterocycles. The maximum atomic E-state index is 11.0. The Kier molecular flexibility index (Phi) is 3.99. The Morgan fingerprint density at radius 3 is 2.67 bits per heavy atom. The van der Waals surface area contributed by atoms with E-state index < -0.39 is 5.97 Å². The number of carboxylic acids is 1. The third kappa shape index (κ3) is 2.71. The normalized spacial score (nSPS) is 22.0. The van der Waals surface area contributed by atoms with Crippen molar-refractivity contribution in [3.05, 3.63) is 35.4 Å². The average Bonchev–Trinajstić information content (AvgIpc) is 2.82. The van der Waals surface area contributed by atoms with E-state index in [0.717, 1.165) is 13.0 Å². The number of nitrogens with zero attached hydrogens (tertiary/aromatic N) is 1. The predicted octanol–water partition coefficient (Wildman–Crippen LogP) is 1.40. The van der Waals surface area contributed by atoms with Crippen molar-refractivity contribution in [1.82, 2.24) is 4.90 Å². The summed E-state index contributed by atoms with van der Waals surface area (Å²) in [6.45, 7) is 3.99. The van der Waals surface area contributed by atoms with Crippen LogP contribution in [-0.4, -0.2) is 35.6 Å². The minimum Gasteiger partial charge on any atom is -0.481 e. The number of hydrogen-bond donors (Lipinski definition) is 2.